The standard InChI is InChI=1S/C9H19N3/c10-12-8-4-7-11-9-5-2-1-3-6-9/h9-11H,1-8H2. The third-order valence-electron chi connectivity index (χ3n) is 2.48. The van der Waals surface area contributed by atoms with Crippen molar-refractivity contribution in [2.24, 2.45) is 5.11 Å². The van der Waals surface area contributed by atoms with Gasteiger partial charge in [-0.3, -0.25) is 0 Å². The molecular weight excluding hydrogens is 150 g/mol. The van der Waals surface area contributed by atoms with Gasteiger partial charge in [-0.2, -0.15) is 5.11 Å². The van der Waals surface area contributed by atoms with Crippen LogP contribution in [0.3, 0.4) is 0 Å². The van der Waals surface area contributed by atoms with Crippen molar-refractivity contribution >= 4 is 0 Å². The summed E-state index contributed by atoms with van der Waals surface area (Å²) in [5.41, 5.74) is 6.62. The van der Waals surface area contributed by atoms with Crippen LogP contribution in [0.25, 0.3) is 0 Å². The van der Waals surface area contributed by atoms with Crippen molar-refractivity contribution in [3.8, 4) is 0 Å². The minimum absolute atomic E-state index is 0.680. The fourth-order valence-electron chi connectivity index (χ4n) is 1.77. The predicted octanol–water partition coefficient (Wildman–Crippen LogP) is 2.33. The Morgan fingerprint density at radius 3 is 2.67 bits per heavy atom. The van der Waals surface area contributed by atoms with E-state index in [0.717, 1.165) is 19.0 Å². The summed E-state index contributed by atoms with van der Waals surface area (Å²) in [5.74, 6) is 0. The van der Waals surface area contributed by atoms with Gasteiger partial charge in [0.25, 0.3) is 0 Å². The molecule has 1 aliphatic carbocycles. The molecule has 0 saturated heterocycles. The molecular formula is C9H19N3. The van der Waals surface area contributed by atoms with Crippen LogP contribution < -0.4 is 5.32 Å². The van der Waals surface area contributed by atoms with Crippen LogP contribution in [0.15, 0.2) is 5.11 Å². The average molecular weight is 169 g/mol. The van der Waals surface area contributed by atoms with Gasteiger partial charge in [0.1, 0.15) is 0 Å². The molecule has 3 nitrogen and oxygen atoms in total. The Bertz CT molecular complexity index is 119. The van der Waals surface area contributed by atoms with E-state index in [2.05, 4.69) is 10.4 Å². The molecule has 1 aliphatic rings. The van der Waals surface area contributed by atoms with Crippen LogP contribution in [0.4, 0.5) is 0 Å². The van der Waals surface area contributed by atoms with E-state index in [4.69, 9.17) is 5.53 Å². The Hall–Kier alpha value is -0.440. The highest BCUT2D eigenvalue weighted by Gasteiger charge is 2.11. The molecule has 0 radical (unpaired) electrons. The second kappa shape index (κ2) is 6.12. The maximum atomic E-state index is 6.62. The first kappa shape index (κ1) is 9.65. The van der Waals surface area contributed by atoms with E-state index in [0.29, 0.717) is 6.54 Å². The van der Waals surface area contributed by atoms with Gasteiger partial charge in [0.2, 0.25) is 0 Å². The summed E-state index contributed by atoms with van der Waals surface area (Å²) in [5, 5.41) is 6.84. The molecule has 1 saturated carbocycles. The smallest absolute Gasteiger partial charge is 0.0608 e. The lowest BCUT2D eigenvalue weighted by Crippen LogP contribution is -2.31. The van der Waals surface area contributed by atoms with Crippen molar-refractivity contribution in [2.45, 2.75) is 44.6 Å². The fraction of sp³-hybridized carbons (Fsp3) is 1.00. The van der Waals surface area contributed by atoms with Crippen molar-refractivity contribution in [1.82, 2.24) is 5.32 Å². The lowest BCUT2D eigenvalue weighted by atomic mass is 9.95. The highest BCUT2D eigenvalue weighted by Crippen LogP contribution is 2.16. The zero-order chi connectivity index (χ0) is 8.65. The van der Waals surface area contributed by atoms with E-state index in [-0.39, 0.29) is 0 Å². The summed E-state index contributed by atoms with van der Waals surface area (Å²) in [4.78, 5) is 0. The van der Waals surface area contributed by atoms with Crippen molar-refractivity contribution in [3.05, 3.63) is 0 Å². The molecule has 0 aliphatic heterocycles. The van der Waals surface area contributed by atoms with E-state index in [1.165, 1.54) is 32.1 Å². The molecule has 0 aromatic rings. The third-order valence-corrected chi connectivity index (χ3v) is 2.48. The van der Waals surface area contributed by atoms with Crippen LogP contribution in [0, 0.1) is 5.53 Å². The van der Waals surface area contributed by atoms with Gasteiger partial charge in [-0.05, 0) is 25.8 Å². The lowest BCUT2D eigenvalue weighted by Gasteiger charge is -2.22. The second-order valence-electron chi connectivity index (χ2n) is 3.52. The third kappa shape index (κ3) is 3.81. The predicted molar refractivity (Wildman–Crippen MR) is 49.5 cm³/mol. The molecule has 1 rings (SSSR count). The second-order valence-corrected chi connectivity index (χ2v) is 3.52. The summed E-state index contributed by atoms with van der Waals surface area (Å²) in [6.45, 7) is 1.72. The minimum atomic E-state index is 0.680. The van der Waals surface area contributed by atoms with Crippen LogP contribution in [-0.4, -0.2) is 19.1 Å². The van der Waals surface area contributed by atoms with Gasteiger partial charge in [0.15, 0.2) is 0 Å². The summed E-state index contributed by atoms with van der Waals surface area (Å²) in [6, 6.07) is 0.754. The van der Waals surface area contributed by atoms with Gasteiger partial charge in [-0.15, -0.1) is 0 Å². The minimum Gasteiger partial charge on any atom is -0.314 e. The van der Waals surface area contributed by atoms with Gasteiger partial charge >= 0.3 is 0 Å². The number of rotatable bonds is 5. The molecule has 0 heterocycles. The maximum absolute atomic E-state index is 6.62. The Morgan fingerprint density at radius 1 is 1.25 bits per heavy atom. The maximum Gasteiger partial charge on any atom is 0.0608 e. The Labute approximate surface area is 74.4 Å². The van der Waals surface area contributed by atoms with Crippen molar-refractivity contribution in [3.63, 3.8) is 0 Å². The largest absolute Gasteiger partial charge is 0.314 e. The Kier molecular flexibility index (Phi) is 4.92. The van der Waals surface area contributed by atoms with E-state index >= 15 is 0 Å². The lowest BCUT2D eigenvalue weighted by molar-refractivity contribution is 0.373. The van der Waals surface area contributed by atoms with Gasteiger partial charge in [0, 0.05) is 6.04 Å². The molecule has 12 heavy (non-hydrogen) atoms. The van der Waals surface area contributed by atoms with Gasteiger partial charge in [0.05, 0.1) is 6.54 Å². The van der Waals surface area contributed by atoms with Crippen molar-refractivity contribution < 1.29 is 0 Å². The molecule has 0 bridgehead atoms. The fourth-order valence-corrected chi connectivity index (χ4v) is 1.77. The van der Waals surface area contributed by atoms with E-state index in [9.17, 15) is 0 Å². The van der Waals surface area contributed by atoms with Crippen LogP contribution in [0.1, 0.15) is 38.5 Å². The summed E-state index contributed by atoms with van der Waals surface area (Å²) in [6.07, 6.45) is 7.90. The number of nitrogens with one attached hydrogen (secondary N) is 2. The average Bonchev–Trinajstić information content (AvgIpc) is 2.14. The summed E-state index contributed by atoms with van der Waals surface area (Å²) in [7, 11) is 0. The van der Waals surface area contributed by atoms with E-state index < -0.39 is 0 Å². The number of nitrogens with zero attached hydrogens (tertiary/aromatic N) is 1. The topological polar surface area (TPSA) is 48.2 Å². The first-order valence-electron chi connectivity index (χ1n) is 5.00. The van der Waals surface area contributed by atoms with Crippen molar-refractivity contribution in [2.75, 3.05) is 13.1 Å². The van der Waals surface area contributed by atoms with Crippen LogP contribution in [0.2, 0.25) is 0 Å². The molecule has 0 spiro atoms. The molecule has 70 valence electrons. The van der Waals surface area contributed by atoms with Crippen molar-refractivity contribution in [1.29, 1.82) is 5.53 Å². The van der Waals surface area contributed by atoms with Crippen LogP contribution >= 0.6 is 0 Å². The monoisotopic (exact) mass is 169 g/mol. The Morgan fingerprint density at radius 2 is 2.00 bits per heavy atom. The number of hydrogen-bond acceptors (Lipinski definition) is 3. The molecule has 0 amide bonds. The molecule has 3 heteroatoms. The van der Waals surface area contributed by atoms with Gasteiger partial charge < -0.3 is 5.32 Å². The molecule has 2 N–H and O–H groups in total. The summed E-state index contributed by atoms with van der Waals surface area (Å²) >= 11 is 0. The van der Waals surface area contributed by atoms with Gasteiger partial charge in [-0.25, -0.2) is 5.53 Å². The van der Waals surface area contributed by atoms with Crippen LogP contribution in [-0.2, 0) is 0 Å². The van der Waals surface area contributed by atoms with Crippen LogP contribution in [0.5, 0.6) is 0 Å². The quantitative estimate of drug-likeness (QED) is 0.481. The zero-order valence-electron chi connectivity index (χ0n) is 7.68. The highest BCUT2D eigenvalue weighted by molar-refractivity contribution is 4.71. The normalized spacial score (nSPS) is 19.3. The first-order chi connectivity index (χ1) is 5.93. The van der Waals surface area contributed by atoms with E-state index in [1.807, 2.05) is 0 Å². The molecule has 0 aromatic heterocycles. The summed E-state index contributed by atoms with van der Waals surface area (Å²) < 4.78 is 0. The Balaban J connectivity index is 1.94. The SMILES string of the molecule is N=NCCCNC1CCCCC1. The molecule has 0 atom stereocenters. The number of hydrogen-bond donors (Lipinski definition) is 2. The molecule has 0 unspecified atom stereocenters. The van der Waals surface area contributed by atoms with Gasteiger partial charge in [-0.1, -0.05) is 19.3 Å². The molecule has 0 aromatic carbocycles. The molecule has 1 fully saturated rings. The zero-order valence-corrected chi connectivity index (χ0v) is 7.68. The van der Waals surface area contributed by atoms with E-state index in [1.54, 1.807) is 0 Å². The first-order valence-corrected chi connectivity index (χ1v) is 5.00. The highest BCUT2D eigenvalue weighted by atomic mass is 15.0.